The molecule has 0 unspecified atom stereocenters. The first-order valence-corrected chi connectivity index (χ1v) is 4.33. The Morgan fingerprint density at radius 3 is 2.62 bits per heavy atom. The highest BCUT2D eigenvalue weighted by molar-refractivity contribution is 5.67. The molecule has 0 saturated carbocycles. The average molecular weight is 189 g/mol. The normalized spacial score (nSPS) is 16.2. The molecule has 0 aromatic rings. The Hall–Kier alpha value is -0.810. The number of carbonyl (C=O) groups is 1. The van der Waals surface area contributed by atoms with Crippen molar-refractivity contribution in [2.75, 3.05) is 33.8 Å². The number of hydrogen-bond donors (Lipinski definition) is 0. The molecule has 5 heteroatoms. The Kier molecular flexibility index (Phi) is 4.56. The van der Waals surface area contributed by atoms with Gasteiger partial charge in [0.05, 0.1) is 0 Å². The van der Waals surface area contributed by atoms with Gasteiger partial charge in [0.2, 0.25) is 0 Å². The van der Waals surface area contributed by atoms with Crippen molar-refractivity contribution in [3.63, 3.8) is 0 Å². The van der Waals surface area contributed by atoms with Crippen LogP contribution < -0.4 is 0 Å². The summed E-state index contributed by atoms with van der Waals surface area (Å²) in [5.74, 6) is 0. The topological polar surface area (TPSA) is 48.0 Å². The van der Waals surface area contributed by atoms with Crippen molar-refractivity contribution < 1.29 is 19.0 Å². The van der Waals surface area contributed by atoms with Gasteiger partial charge in [0.1, 0.15) is 6.79 Å². The van der Waals surface area contributed by atoms with Crippen LogP contribution in [0, 0.1) is 0 Å². The van der Waals surface area contributed by atoms with Gasteiger partial charge in [0.25, 0.3) is 0 Å². The third-order valence-electron chi connectivity index (χ3n) is 1.83. The standard InChI is InChI=1S/C8H15NO4/c1-11-6-12-7-13-8(10)9-4-2-3-5-9/h2-7H2,1H3. The predicted octanol–water partition coefficient (Wildman–Crippen LogP) is 0.797. The van der Waals surface area contributed by atoms with Gasteiger partial charge in [-0.25, -0.2) is 4.79 Å². The van der Waals surface area contributed by atoms with Crippen molar-refractivity contribution in [1.82, 2.24) is 4.90 Å². The lowest BCUT2D eigenvalue weighted by molar-refractivity contribution is -0.100. The molecule has 13 heavy (non-hydrogen) atoms. The van der Waals surface area contributed by atoms with Gasteiger partial charge < -0.3 is 19.1 Å². The van der Waals surface area contributed by atoms with Crippen LogP contribution in [0.4, 0.5) is 4.79 Å². The second-order valence-electron chi connectivity index (χ2n) is 2.83. The van der Waals surface area contributed by atoms with E-state index < -0.39 is 0 Å². The van der Waals surface area contributed by atoms with Crippen molar-refractivity contribution in [2.24, 2.45) is 0 Å². The molecule has 5 nitrogen and oxygen atoms in total. The molecular weight excluding hydrogens is 174 g/mol. The molecule has 0 bridgehead atoms. The highest BCUT2D eigenvalue weighted by atomic mass is 16.7. The number of methoxy groups -OCH3 is 1. The van der Waals surface area contributed by atoms with Crippen molar-refractivity contribution in [1.29, 1.82) is 0 Å². The van der Waals surface area contributed by atoms with Crippen LogP contribution >= 0.6 is 0 Å². The smallest absolute Gasteiger partial charge is 0.411 e. The van der Waals surface area contributed by atoms with Crippen molar-refractivity contribution in [3.8, 4) is 0 Å². The molecule has 0 N–H and O–H groups in total. The highest BCUT2D eigenvalue weighted by Gasteiger charge is 2.18. The van der Waals surface area contributed by atoms with Crippen LogP contribution in [0.25, 0.3) is 0 Å². The van der Waals surface area contributed by atoms with Crippen molar-refractivity contribution in [3.05, 3.63) is 0 Å². The molecule has 1 heterocycles. The van der Waals surface area contributed by atoms with Crippen molar-refractivity contribution >= 4 is 6.09 Å². The quantitative estimate of drug-likeness (QED) is 0.484. The third-order valence-corrected chi connectivity index (χ3v) is 1.83. The maximum absolute atomic E-state index is 11.2. The van der Waals surface area contributed by atoms with Crippen LogP contribution in [-0.4, -0.2) is 44.8 Å². The van der Waals surface area contributed by atoms with E-state index in [1.165, 1.54) is 7.11 Å². The first-order chi connectivity index (χ1) is 6.34. The molecule has 0 radical (unpaired) electrons. The summed E-state index contributed by atoms with van der Waals surface area (Å²) in [5, 5.41) is 0. The molecule has 1 aliphatic rings. The predicted molar refractivity (Wildman–Crippen MR) is 45.1 cm³/mol. The van der Waals surface area contributed by atoms with Gasteiger partial charge >= 0.3 is 6.09 Å². The summed E-state index contributed by atoms with van der Waals surface area (Å²) in [6.45, 7) is 1.70. The van der Waals surface area contributed by atoms with Crippen LogP contribution in [0.2, 0.25) is 0 Å². The SMILES string of the molecule is COCOCOC(=O)N1CCCC1. The summed E-state index contributed by atoms with van der Waals surface area (Å²) in [5.41, 5.74) is 0. The molecule has 1 rings (SSSR count). The summed E-state index contributed by atoms with van der Waals surface area (Å²) in [6.07, 6.45) is 1.83. The van der Waals surface area contributed by atoms with E-state index in [1.54, 1.807) is 4.90 Å². The molecule has 76 valence electrons. The Morgan fingerprint density at radius 2 is 2.00 bits per heavy atom. The number of carbonyl (C=O) groups excluding carboxylic acids is 1. The number of ether oxygens (including phenoxy) is 3. The zero-order valence-corrected chi connectivity index (χ0v) is 7.82. The van der Waals surface area contributed by atoms with Gasteiger partial charge in [-0.3, -0.25) is 0 Å². The Balaban J connectivity index is 2.03. The third kappa shape index (κ3) is 3.61. The highest BCUT2D eigenvalue weighted by Crippen LogP contribution is 2.08. The van der Waals surface area contributed by atoms with Gasteiger partial charge in [-0.1, -0.05) is 0 Å². The Labute approximate surface area is 77.6 Å². The number of hydrogen-bond acceptors (Lipinski definition) is 4. The van der Waals surface area contributed by atoms with Gasteiger partial charge in [-0.15, -0.1) is 0 Å². The summed E-state index contributed by atoms with van der Waals surface area (Å²) in [6, 6.07) is 0. The maximum Gasteiger partial charge on any atom is 0.411 e. The summed E-state index contributed by atoms with van der Waals surface area (Å²) in [4.78, 5) is 12.9. The van der Waals surface area contributed by atoms with Gasteiger partial charge in [-0.2, -0.15) is 0 Å². The zero-order valence-electron chi connectivity index (χ0n) is 7.82. The van der Waals surface area contributed by atoms with Gasteiger partial charge in [-0.05, 0) is 12.8 Å². The molecule has 1 saturated heterocycles. The lowest BCUT2D eigenvalue weighted by Gasteiger charge is -2.14. The molecule has 1 aliphatic heterocycles. The number of likely N-dealkylation sites (tertiary alicyclic amines) is 1. The summed E-state index contributed by atoms with van der Waals surface area (Å²) in [7, 11) is 1.52. The van der Waals surface area contributed by atoms with Gasteiger partial charge in [0.15, 0.2) is 6.79 Å². The van der Waals surface area contributed by atoms with E-state index in [9.17, 15) is 4.79 Å². The van der Waals surface area contributed by atoms with Gasteiger partial charge in [0, 0.05) is 20.2 Å². The van der Waals surface area contributed by atoms with E-state index in [-0.39, 0.29) is 19.7 Å². The first kappa shape index (κ1) is 10.3. The maximum atomic E-state index is 11.2. The largest absolute Gasteiger partial charge is 0.422 e. The summed E-state index contributed by atoms with van der Waals surface area (Å²) < 4.78 is 14.3. The van der Waals surface area contributed by atoms with E-state index in [2.05, 4.69) is 4.74 Å². The van der Waals surface area contributed by atoms with E-state index >= 15 is 0 Å². The van der Waals surface area contributed by atoms with Crippen LogP contribution in [0.15, 0.2) is 0 Å². The number of rotatable bonds is 4. The zero-order chi connectivity index (χ0) is 9.52. The molecule has 1 amide bonds. The fourth-order valence-corrected chi connectivity index (χ4v) is 1.20. The molecule has 0 aliphatic carbocycles. The second-order valence-corrected chi connectivity index (χ2v) is 2.83. The summed E-state index contributed by atoms with van der Waals surface area (Å²) >= 11 is 0. The molecule has 0 spiro atoms. The lowest BCUT2D eigenvalue weighted by atomic mass is 10.4. The molecule has 0 aromatic heterocycles. The Morgan fingerprint density at radius 1 is 1.31 bits per heavy atom. The number of amides is 1. The molecule has 1 fully saturated rings. The second kappa shape index (κ2) is 5.77. The van der Waals surface area contributed by atoms with E-state index in [0.717, 1.165) is 25.9 Å². The van der Waals surface area contributed by atoms with Crippen molar-refractivity contribution in [2.45, 2.75) is 12.8 Å². The van der Waals surface area contributed by atoms with E-state index in [1.807, 2.05) is 0 Å². The first-order valence-electron chi connectivity index (χ1n) is 4.33. The fraction of sp³-hybridized carbons (Fsp3) is 0.875. The molecule has 0 aromatic carbocycles. The number of nitrogens with zero attached hydrogens (tertiary/aromatic N) is 1. The minimum atomic E-state index is -0.298. The minimum Gasteiger partial charge on any atom is -0.422 e. The van der Waals surface area contributed by atoms with Crippen LogP contribution in [0.5, 0.6) is 0 Å². The van der Waals surface area contributed by atoms with Crippen LogP contribution in [-0.2, 0) is 14.2 Å². The van der Waals surface area contributed by atoms with Crippen LogP contribution in [0.1, 0.15) is 12.8 Å². The fourth-order valence-electron chi connectivity index (χ4n) is 1.20. The lowest BCUT2D eigenvalue weighted by Crippen LogP contribution is -2.29. The van der Waals surface area contributed by atoms with Crippen LogP contribution in [0.3, 0.4) is 0 Å². The average Bonchev–Trinajstić information content (AvgIpc) is 2.65. The minimum absolute atomic E-state index is 0.0385. The Bertz CT molecular complexity index is 156. The van der Waals surface area contributed by atoms with E-state index in [0.29, 0.717) is 0 Å². The van der Waals surface area contributed by atoms with E-state index in [4.69, 9.17) is 9.47 Å². The molecule has 0 atom stereocenters. The molecular formula is C8H15NO4. The monoisotopic (exact) mass is 189 g/mol.